The van der Waals surface area contributed by atoms with Crippen LogP contribution in [-0.4, -0.2) is 48.3 Å². The number of benzene rings is 1. The molecule has 0 aliphatic carbocycles. The van der Waals surface area contributed by atoms with Gasteiger partial charge < -0.3 is 15.5 Å². The van der Waals surface area contributed by atoms with Crippen LogP contribution in [0.3, 0.4) is 0 Å². The maximum Gasteiger partial charge on any atom is 0.242 e. The van der Waals surface area contributed by atoms with Crippen LogP contribution in [0.15, 0.2) is 30.3 Å². The quantitative estimate of drug-likeness (QED) is 0.812. The van der Waals surface area contributed by atoms with Gasteiger partial charge in [0.2, 0.25) is 17.7 Å². The SMILES string of the molecule is CC(=O)NCC(=O)NCC(=O)N1CCCC[C@@H]1Cc1ccccc1. The van der Waals surface area contributed by atoms with Gasteiger partial charge >= 0.3 is 0 Å². The van der Waals surface area contributed by atoms with E-state index in [1.807, 2.05) is 23.1 Å². The van der Waals surface area contributed by atoms with Gasteiger partial charge in [-0.25, -0.2) is 0 Å². The van der Waals surface area contributed by atoms with E-state index < -0.39 is 0 Å². The highest BCUT2D eigenvalue weighted by atomic mass is 16.2. The maximum atomic E-state index is 12.5. The van der Waals surface area contributed by atoms with E-state index >= 15 is 0 Å². The molecule has 1 aliphatic heterocycles. The van der Waals surface area contributed by atoms with E-state index in [0.717, 1.165) is 32.2 Å². The lowest BCUT2D eigenvalue weighted by atomic mass is 9.95. The second-order valence-electron chi connectivity index (χ2n) is 6.11. The summed E-state index contributed by atoms with van der Waals surface area (Å²) in [6.07, 6.45) is 3.94. The van der Waals surface area contributed by atoms with Crippen LogP contribution in [-0.2, 0) is 20.8 Å². The number of hydrogen-bond donors (Lipinski definition) is 2. The van der Waals surface area contributed by atoms with Gasteiger partial charge in [-0.05, 0) is 31.2 Å². The highest BCUT2D eigenvalue weighted by Crippen LogP contribution is 2.20. The summed E-state index contributed by atoms with van der Waals surface area (Å²) in [6.45, 7) is 1.96. The van der Waals surface area contributed by atoms with Crippen molar-refractivity contribution in [1.82, 2.24) is 15.5 Å². The summed E-state index contributed by atoms with van der Waals surface area (Å²) in [5.41, 5.74) is 1.22. The number of carbonyl (C=O) groups excluding carboxylic acids is 3. The Bertz CT molecular complexity index is 574. The zero-order valence-corrected chi connectivity index (χ0v) is 14.1. The highest BCUT2D eigenvalue weighted by molar-refractivity contribution is 5.87. The van der Waals surface area contributed by atoms with Crippen molar-refractivity contribution in [3.05, 3.63) is 35.9 Å². The monoisotopic (exact) mass is 331 g/mol. The third-order valence-corrected chi connectivity index (χ3v) is 4.20. The predicted octanol–water partition coefficient (Wildman–Crippen LogP) is 0.863. The summed E-state index contributed by atoms with van der Waals surface area (Å²) in [7, 11) is 0. The molecule has 0 saturated carbocycles. The molecule has 6 nitrogen and oxygen atoms in total. The van der Waals surface area contributed by atoms with Crippen LogP contribution < -0.4 is 10.6 Å². The summed E-state index contributed by atoms with van der Waals surface area (Å²) >= 11 is 0. The fourth-order valence-corrected chi connectivity index (χ4v) is 2.97. The van der Waals surface area contributed by atoms with Crippen molar-refractivity contribution in [1.29, 1.82) is 0 Å². The van der Waals surface area contributed by atoms with Gasteiger partial charge in [-0.2, -0.15) is 0 Å². The number of piperidine rings is 1. The van der Waals surface area contributed by atoms with Gasteiger partial charge in [-0.1, -0.05) is 30.3 Å². The molecule has 1 aliphatic rings. The average molecular weight is 331 g/mol. The van der Waals surface area contributed by atoms with Crippen LogP contribution in [0.25, 0.3) is 0 Å². The molecule has 130 valence electrons. The molecule has 0 spiro atoms. The molecule has 1 aromatic carbocycles. The Morgan fingerprint density at radius 3 is 2.54 bits per heavy atom. The Morgan fingerprint density at radius 1 is 1.08 bits per heavy atom. The number of amides is 3. The Labute approximate surface area is 142 Å². The number of nitrogens with zero attached hydrogens (tertiary/aromatic N) is 1. The zero-order chi connectivity index (χ0) is 17.4. The van der Waals surface area contributed by atoms with Crippen molar-refractivity contribution >= 4 is 17.7 Å². The van der Waals surface area contributed by atoms with Crippen LogP contribution in [0, 0.1) is 0 Å². The van der Waals surface area contributed by atoms with Crippen molar-refractivity contribution in [2.75, 3.05) is 19.6 Å². The first-order valence-electron chi connectivity index (χ1n) is 8.41. The molecule has 1 aromatic rings. The first kappa shape index (κ1) is 18.0. The Morgan fingerprint density at radius 2 is 1.83 bits per heavy atom. The highest BCUT2D eigenvalue weighted by Gasteiger charge is 2.26. The molecule has 24 heavy (non-hydrogen) atoms. The minimum Gasteiger partial charge on any atom is -0.347 e. The Hall–Kier alpha value is -2.37. The molecule has 1 fully saturated rings. The number of carbonyl (C=O) groups is 3. The van der Waals surface area contributed by atoms with Crippen molar-refractivity contribution < 1.29 is 14.4 Å². The average Bonchev–Trinajstić information content (AvgIpc) is 2.59. The van der Waals surface area contributed by atoms with Crippen molar-refractivity contribution in [2.24, 2.45) is 0 Å². The minimum atomic E-state index is -0.352. The van der Waals surface area contributed by atoms with Crippen LogP contribution in [0.1, 0.15) is 31.7 Å². The van der Waals surface area contributed by atoms with Crippen LogP contribution in [0.5, 0.6) is 0 Å². The van der Waals surface area contributed by atoms with E-state index in [1.165, 1.54) is 12.5 Å². The van der Waals surface area contributed by atoms with Gasteiger partial charge in [0, 0.05) is 19.5 Å². The van der Waals surface area contributed by atoms with E-state index in [9.17, 15) is 14.4 Å². The van der Waals surface area contributed by atoms with Crippen LogP contribution >= 0.6 is 0 Å². The lowest BCUT2D eigenvalue weighted by Gasteiger charge is -2.36. The van der Waals surface area contributed by atoms with E-state index in [1.54, 1.807) is 0 Å². The molecule has 0 aromatic heterocycles. The molecule has 6 heteroatoms. The Balaban J connectivity index is 1.86. The number of rotatable bonds is 6. The molecule has 0 unspecified atom stereocenters. The standard InChI is InChI=1S/C18H25N3O3/c1-14(22)19-12-17(23)20-13-18(24)21-10-6-5-9-16(21)11-15-7-3-2-4-8-15/h2-4,7-8,16H,5-6,9-13H2,1H3,(H,19,22)(H,20,23)/t16-/m1/s1. The van der Waals surface area contributed by atoms with E-state index in [-0.39, 0.29) is 36.9 Å². The van der Waals surface area contributed by atoms with Crippen molar-refractivity contribution in [3.8, 4) is 0 Å². The van der Waals surface area contributed by atoms with Gasteiger partial charge in [0.05, 0.1) is 13.1 Å². The largest absolute Gasteiger partial charge is 0.347 e. The van der Waals surface area contributed by atoms with Crippen LogP contribution in [0.4, 0.5) is 0 Å². The third-order valence-electron chi connectivity index (χ3n) is 4.20. The molecule has 1 saturated heterocycles. The second-order valence-corrected chi connectivity index (χ2v) is 6.11. The zero-order valence-electron chi connectivity index (χ0n) is 14.1. The van der Waals surface area contributed by atoms with Crippen LogP contribution in [0.2, 0.25) is 0 Å². The van der Waals surface area contributed by atoms with Crippen molar-refractivity contribution in [2.45, 2.75) is 38.6 Å². The summed E-state index contributed by atoms with van der Waals surface area (Å²) in [5, 5.41) is 4.99. The minimum absolute atomic E-state index is 0.0241. The molecule has 3 amide bonds. The first-order valence-corrected chi connectivity index (χ1v) is 8.41. The molecule has 2 rings (SSSR count). The van der Waals surface area contributed by atoms with Gasteiger partial charge in [-0.3, -0.25) is 14.4 Å². The second kappa shape index (κ2) is 9.05. The summed E-state index contributed by atoms with van der Waals surface area (Å²) in [5.74, 6) is -0.683. The lowest BCUT2D eigenvalue weighted by Crippen LogP contribution is -2.49. The van der Waals surface area contributed by atoms with Crippen molar-refractivity contribution in [3.63, 3.8) is 0 Å². The molecule has 2 N–H and O–H groups in total. The summed E-state index contributed by atoms with van der Waals surface area (Å²) < 4.78 is 0. The predicted molar refractivity (Wildman–Crippen MR) is 91.2 cm³/mol. The summed E-state index contributed by atoms with van der Waals surface area (Å²) in [6, 6.07) is 10.3. The van der Waals surface area contributed by atoms with Gasteiger partial charge in [0.1, 0.15) is 0 Å². The lowest BCUT2D eigenvalue weighted by molar-refractivity contribution is -0.135. The third kappa shape index (κ3) is 5.68. The number of likely N-dealkylation sites (tertiary alicyclic amines) is 1. The van der Waals surface area contributed by atoms with Gasteiger partial charge in [-0.15, -0.1) is 0 Å². The molecule has 0 bridgehead atoms. The fourth-order valence-electron chi connectivity index (χ4n) is 2.97. The summed E-state index contributed by atoms with van der Waals surface area (Å²) in [4.78, 5) is 36.7. The molecular weight excluding hydrogens is 306 g/mol. The topological polar surface area (TPSA) is 78.5 Å². The van der Waals surface area contributed by atoms with Gasteiger partial charge in [0.15, 0.2) is 0 Å². The number of nitrogens with one attached hydrogen (secondary N) is 2. The normalized spacial score (nSPS) is 17.2. The smallest absolute Gasteiger partial charge is 0.242 e. The molecule has 1 atom stereocenters. The first-order chi connectivity index (χ1) is 11.6. The molecular formula is C18H25N3O3. The number of hydrogen-bond acceptors (Lipinski definition) is 3. The maximum absolute atomic E-state index is 12.5. The molecule has 0 radical (unpaired) electrons. The van der Waals surface area contributed by atoms with E-state index in [2.05, 4.69) is 22.8 Å². The van der Waals surface area contributed by atoms with E-state index in [0.29, 0.717) is 0 Å². The fraction of sp³-hybridized carbons (Fsp3) is 0.500. The van der Waals surface area contributed by atoms with Gasteiger partial charge in [0.25, 0.3) is 0 Å². The molecule has 1 heterocycles. The van der Waals surface area contributed by atoms with E-state index in [4.69, 9.17) is 0 Å². The Kier molecular flexibility index (Phi) is 6.78.